The molecule has 0 amide bonds. The highest BCUT2D eigenvalue weighted by Crippen LogP contribution is 2.42. The smallest absolute Gasteiger partial charge is 0.290 e. The molecule has 2 aromatic carbocycles. The molecule has 0 radical (unpaired) electrons. The van der Waals surface area contributed by atoms with Crippen molar-refractivity contribution in [3.05, 3.63) is 65.7 Å². The van der Waals surface area contributed by atoms with Gasteiger partial charge in [0.25, 0.3) is 6.47 Å². The van der Waals surface area contributed by atoms with Gasteiger partial charge in [-0.25, -0.2) is 0 Å². The number of hydrogen-bond donors (Lipinski definition) is 2. The molecule has 1 aliphatic carbocycles. The molecule has 1 saturated carbocycles. The van der Waals surface area contributed by atoms with E-state index < -0.39 is 0 Å². The Bertz CT molecular complexity index is 562. The monoisotopic (exact) mass is 285 g/mol. The SMILES string of the molecule is NC1(c2ccc(OCc3ccccc3)cc2)CC1.O=CO. The summed E-state index contributed by atoms with van der Waals surface area (Å²) in [6.07, 6.45) is 2.19. The van der Waals surface area contributed by atoms with Gasteiger partial charge in [0.1, 0.15) is 12.4 Å². The second-order valence-electron chi connectivity index (χ2n) is 5.06. The fourth-order valence-electron chi connectivity index (χ4n) is 2.05. The summed E-state index contributed by atoms with van der Waals surface area (Å²) in [5.74, 6) is 0.895. The fourth-order valence-corrected chi connectivity index (χ4v) is 2.05. The van der Waals surface area contributed by atoms with Crippen LogP contribution >= 0.6 is 0 Å². The molecule has 4 nitrogen and oxygen atoms in total. The summed E-state index contributed by atoms with van der Waals surface area (Å²) in [6.45, 7) is 0.355. The van der Waals surface area contributed by atoms with Crippen molar-refractivity contribution in [2.24, 2.45) is 5.73 Å². The van der Waals surface area contributed by atoms with Gasteiger partial charge in [-0.3, -0.25) is 4.79 Å². The fraction of sp³-hybridized carbons (Fsp3) is 0.235. The zero-order valence-corrected chi connectivity index (χ0v) is 11.7. The van der Waals surface area contributed by atoms with E-state index in [1.54, 1.807) is 0 Å². The van der Waals surface area contributed by atoms with Crippen LogP contribution in [0.5, 0.6) is 5.75 Å². The van der Waals surface area contributed by atoms with Crippen molar-refractivity contribution >= 4 is 6.47 Å². The molecular weight excluding hydrogens is 266 g/mol. The van der Waals surface area contributed by atoms with Gasteiger partial charge < -0.3 is 15.6 Å². The van der Waals surface area contributed by atoms with Gasteiger partial charge in [-0.15, -0.1) is 0 Å². The third-order valence-electron chi connectivity index (χ3n) is 3.47. The van der Waals surface area contributed by atoms with Crippen molar-refractivity contribution in [1.29, 1.82) is 0 Å². The lowest BCUT2D eigenvalue weighted by Gasteiger charge is -2.11. The van der Waals surface area contributed by atoms with Crippen LogP contribution in [0.15, 0.2) is 54.6 Å². The van der Waals surface area contributed by atoms with Crippen molar-refractivity contribution in [2.75, 3.05) is 0 Å². The molecule has 1 aliphatic rings. The quantitative estimate of drug-likeness (QED) is 0.847. The Kier molecular flexibility index (Phi) is 4.95. The minimum Gasteiger partial charge on any atom is -0.489 e. The molecule has 0 aliphatic heterocycles. The van der Waals surface area contributed by atoms with Crippen molar-refractivity contribution < 1.29 is 14.6 Å². The van der Waals surface area contributed by atoms with Crippen LogP contribution in [-0.2, 0) is 16.9 Å². The topological polar surface area (TPSA) is 72.5 Å². The van der Waals surface area contributed by atoms with Gasteiger partial charge in [-0.1, -0.05) is 42.5 Å². The zero-order chi connectivity index (χ0) is 15.1. The van der Waals surface area contributed by atoms with E-state index in [1.807, 2.05) is 30.3 Å². The van der Waals surface area contributed by atoms with Crippen LogP contribution in [0.25, 0.3) is 0 Å². The van der Waals surface area contributed by atoms with E-state index in [1.165, 1.54) is 11.1 Å². The van der Waals surface area contributed by atoms with E-state index in [0.717, 1.165) is 18.6 Å². The maximum Gasteiger partial charge on any atom is 0.290 e. The standard InChI is InChI=1S/C16H17NO.CH2O2/c17-16(10-11-16)14-6-8-15(9-7-14)18-12-13-4-2-1-3-5-13;2-1-3/h1-9H,10-12,17H2;1H,(H,2,3). The molecule has 0 atom stereocenters. The Hall–Kier alpha value is -2.33. The molecule has 0 saturated heterocycles. The van der Waals surface area contributed by atoms with Gasteiger partial charge >= 0.3 is 0 Å². The van der Waals surface area contributed by atoms with Crippen LogP contribution in [0, 0.1) is 0 Å². The van der Waals surface area contributed by atoms with Crippen molar-refractivity contribution in [3.8, 4) is 5.75 Å². The molecule has 0 aromatic heterocycles. The lowest BCUT2D eigenvalue weighted by atomic mass is 10.1. The maximum absolute atomic E-state index is 8.36. The number of carbonyl (C=O) groups is 1. The number of rotatable bonds is 4. The molecule has 4 heteroatoms. The first-order valence-electron chi connectivity index (χ1n) is 6.82. The van der Waals surface area contributed by atoms with E-state index in [9.17, 15) is 0 Å². The van der Waals surface area contributed by atoms with Crippen LogP contribution in [0.4, 0.5) is 0 Å². The first kappa shape index (κ1) is 15.1. The van der Waals surface area contributed by atoms with Gasteiger partial charge in [0.2, 0.25) is 0 Å². The van der Waals surface area contributed by atoms with Crippen molar-refractivity contribution in [3.63, 3.8) is 0 Å². The summed E-state index contributed by atoms with van der Waals surface area (Å²) in [5, 5.41) is 6.89. The number of hydrogen-bond acceptors (Lipinski definition) is 3. The molecule has 21 heavy (non-hydrogen) atoms. The summed E-state index contributed by atoms with van der Waals surface area (Å²) in [7, 11) is 0. The molecular formula is C17H19NO3. The highest BCUT2D eigenvalue weighted by molar-refractivity contribution is 5.35. The number of nitrogens with two attached hydrogens (primary N) is 1. The van der Waals surface area contributed by atoms with E-state index in [4.69, 9.17) is 20.4 Å². The third kappa shape index (κ3) is 4.33. The van der Waals surface area contributed by atoms with E-state index in [0.29, 0.717) is 6.61 Å². The Morgan fingerprint density at radius 2 is 1.67 bits per heavy atom. The first-order chi connectivity index (χ1) is 10.2. The van der Waals surface area contributed by atoms with Gasteiger partial charge in [-0.2, -0.15) is 0 Å². The van der Waals surface area contributed by atoms with Gasteiger partial charge in [0.15, 0.2) is 0 Å². The normalized spacial score (nSPS) is 14.5. The number of benzene rings is 2. The first-order valence-corrected chi connectivity index (χ1v) is 6.82. The minimum absolute atomic E-state index is 0.0576. The molecule has 2 aromatic rings. The van der Waals surface area contributed by atoms with Crippen molar-refractivity contribution in [1.82, 2.24) is 0 Å². The number of ether oxygens (including phenoxy) is 1. The molecule has 3 rings (SSSR count). The van der Waals surface area contributed by atoms with Crippen LogP contribution in [0.2, 0.25) is 0 Å². The average molecular weight is 285 g/mol. The van der Waals surface area contributed by atoms with Gasteiger partial charge in [0.05, 0.1) is 0 Å². The lowest BCUT2D eigenvalue weighted by Crippen LogP contribution is -2.18. The highest BCUT2D eigenvalue weighted by Gasteiger charge is 2.39. The second-order valence-corrected chi connectivity index (χ2v) is 5.06. The Balaban J connectivity index is 0.000000497. The molecule has 0 spiro atoms. The van der Waals surface area contributed by atoms with Crippen LogP contribution < -0.4 is 10.5 Å². The maximum atomic E-state index is 8.36. The van der Waals surface area contributed by atoms with Crippen LogP contribution in [0.3, 0.4) is 0 Å². The number of carboxylic acid groups (broad SMARTS) is 1. The Morgan fingerprint density at radius 1 is 1.10 bits per heavy atom. The summed E-state index contributed by atoms with van der Waals surface area (Å²) in [6, 6.07) is 18.3. The van der Waals surface area contributed by atoms with Gasteiger partial charge in [0, 0.05) is 5.54 Å². The van der Waals surface area contributed by atoms with Crippen LogP contribution in [-0.4, -0.2) is 11.6 Å². The summed E-state index contributed by atoms with van der Waals surface area (Å²) < 4.78 is 5.74. The van der Waals surface area contributed by atoms with Crippen molar-refractivity contribution in [2.45, 2.75) is 25.0 Å². The molecule has 0 unspecified atom stereocenters. The zero-order valence-electron chi connectivity index (χ0n) is 11.7. The molecule has 1 fully saturated rings. The largest absolute Gasteiger partial charge is 0.489 e. The molecule has 0 bridgehead atoms. The van der Waals surface area contributed by atoms with Crippen LogP contribution in [0.1, 0.15) is 24.0 Å². The van der Waals surface area contributed by atoms with E-state index in [-0.39, 0.29) is 12.0 Å². The highest BCUT2D eigenvalue weighted by atomic mass is 16.5. The summed E-state index contributed by atoms with van der Waals surface area (Å²) >= 11 is 0. The van der Waals surface area contributed by atoms with E-state index in [2.05, 4.69) is 24.3 Å². The third-order valence-corrected chi connectivity index (χ3v) is 3.47. The predicted octanol–water partition coefficient (Wildman–Crippen LogP) is 2.91. The Labute approximate surface area is 124 Å². The summed E-state index contributed by atoms with van der Waals surface area (Å²) in [5.41, 5.74) is 8.48. The molecule has 110 valence electrons. The predicted molar refractivity (Wildman–Crippen MR) is 81.0 cm³/mol. The van der Waals surface area contributed by atoms with Gasteiger partial charge in [-0.05, 0) is 36.1 Å². The minimum atomic E-state index is -0.250. The second kappa shape index (κ2) is 6.90. The molecule has 3 N–H and O–H groups in total. The summed E-state index contributed by atoms with van der Waals surface area (Å²) in [4.78, 5) is 8.36. The lowest BCUT2D eigenvalue weighted by molar-refractivity contribution is -0.122. The van der Waals surface area contributed by atoms with E-state index >= 15 is 0 Å². The average Bonchev–Trinajstić information content (AvgIpc) is 3.27. The molecule has 0 heterocycles. The Morgan fingerprint density at radius 3 is 2.19 bits per heavy atom.